The lowest BCUT2D eigenvalue weighted by Gasteiger charge is -2.08. The molecule has 1 aliphatic rings. The molecule has 62 valence electrons. The maximum atomic E-state index is 2.35. The second kappa shape index (κ2) is 3.11. The zero-order chi connectivity index (χ0) is 8.59. The number of hydrogen-bond donors (Lipinski definition) is 0. The highest BCUT2D eigenvalue weighted by Gasteiger charge is 2.16. The van der Waals surface area contributed by atoms with Gasteiger partial charge < -0.3 is 0 Å². The maximum Gasteiger partial charge on any atom is -0.00571 e. The Labute approximate surface area is 71.1 Å². The number of rotatable bonds is 1. The van der Waals surface area contributed by atoms with Crippen molar-refractivity contribution >= 4 is 7.92 Å². The van der Waals surface area contributed by atoms with Crippen LogP contribution in [0.4, 0.5) is 0 Å². The van der Waals surface area contributed by atoms with Crippen molar-refractivity contribution in [2.45, 2.75) is 27.2 Å². The summed E-state index contributed by atoms with van der Waals surface area (Å²) in [5.74, 6) is 0. The maximum absolute atomic E-state index is 2.35. The number of hydrogen-bond acceptors (Lipinski definition) is 0. The second-order valence-corrected chi connectivity index (χ2v) is 5.88. The Morgan fingerprint density at radius 3 is 1.73 bits per heavy atom. The Bertz CT molecular complexity index is 231. The molecule has 0 aromatic carbocycles. The molecule has 11 heavy (non-hydrogen) atoms. The van der Waals surface area contributed by atoms with E-state index in [2.05, 4.69) is 34.1 Å². The Hall–Kier alpha value is -0.0900. The molecule has 0 heterocycles. The highest BCUT2D eigenvalue weighted by Crippen LogP contribution is 2.48. The van der Waals surface area contributed by atoms with Crippen molar-refractivity contribution in [2.24, 2.45) is 0 Å². The predicted molar refractivity (Wildman–Crippen MR) is 54.5 cm³/mol. The summed E-state index contributed by atoms with van der Waals surface area (Å²) in [5, 5.41) is 1.70. The van der Waals surface area contributed by atoms with Crippen molar-refractivity contribution in [1.29, 1.82) is 0 Å². The second-order valence-electron chi connectivity index (χ2n) is 3.55. The molecule has 1 heteroatoms. The Morgan fingerprint density at radius 2 is 1.55 bits per heavy atom. The molecule has 0 saturated heterocycles. The third-order valence-electron chi connectivity index (χ3n) is 2.61. The van der Waals surface area contributed by atoms with Gasteiger partial charge in [0.1, 0.15) is 0 Å². The Balaban J connectivity index is 2.93. The molecule has 0 aromatic rings. The van der Waals surface area contributed by atoms with Crippen molar-refractivity contribution in [3.63, 3.8) is 0 Å². The van der Waals surface area contributed by atoms with Gasteiger partial charge in [-0.3, -0.25) is 0 Å². The summed E-state index contributed by atoms with van der Waals surface area (Å²) in [4.78, 5) is 0. The van der Waals surface area contributed by atoms with Crippen LogP contribution in [-0.2, 0) is 0 Å². The van der Waals surface area contributed by atoms with Gasteiger partial charge in [-0.2, -0.15) is 0 Å². The average Bonchev–Trinajstić information content (AvgIpc) is 2.17. The summed E-state index contributed by atoms with van der Waals surface area (Å²) in [6.45, 7) is 11.5. The largest absolute Gasteiger partial charge is 0.0855 e. The van der Waals surface area contributed by atoms with Gasteiger partial charge in [-0.25, -0.2) is 0 Å². The van der Waals surface area contributed by atoms with Gasteiger partial charge in [0.25, 0.3) is 0 Å². The summed E-state index contributed by atoms with van der Waals surface area (Å²) in [7, 11) is 0.144. The first-order chi connectivity index (χ1) is 5.04. The van der Waals surface area contributed by atoms with E-state index in [0.717, 1.165) is 0 Å². The van der Waals surface area contributed by atoms with Gasteiger partial charge in [0, 0.05) is 0 Å². The fourth-order valence-electron chi connectivity index (χ4n) is 1.55. The van der Waals surface area contributed by atoms with Gasteiger partial charge in [-0.15, -0.1) is 0 Å². The van der Waals surface area contributed by atoms with E-state index in [1.165, 1.54) is 12.0 Å². The Kier molecular flexibility index (Phi) is 2.54. The van der Waals surface area contributed by atoms with Crippen molar-refractivity contribution < 1.29 is 0 Å². The van der Waals surface area contributed by atoms with Crippen LogP contribution in [0.25, 0.3) is 0 Å². The molecule has 1 aliphatic carbocycles. The van der Waals surface area contributed by atoms with E-state index < -0.39 is 0 Å². The molecule has 0 aromatic heterocycles. The van der Waals surface area contributed by atoms with Gasteiger partial charge >= 0.3 is 0 Å². The number of allylic oxidation sites excluding steroid dienone is 4. The van der Waals surface area contributed by atoms with Crippen molar-refractivity contribution in [1.82, 2.24) is 0 Å². The first-order valence-electron chi connectivity index (χ1n) is 4.08. The van der Waals surface area contributed by atoms with Gasteiger partial charge in [-0.1, -0.05) is 13.5 Å². The zero-order valence-corrected chi connectivity index (χ0v) is 9.05. The summed E-state index contributed by atoms with van der Waals surface area (Å²) < 4.78 is 0. The lowest BCUT2D eigenvalue weighted by molar-refractivity contribution is 1.20. The van der Waals surface area contributed by atoms with E-state index >= 15 is 0 Å². The Morgan fingerprint density at radius 1 is 1.00 bits per heavy atom. The zero-order valence-electron chi connectivity index (χ0n) is 8.15. The molecule has 0 unspecified atom stereocenters. The molecule has 0 fully saturated rings. The predicted octanol–water partition coefficient (Wildman–Crippen LogP) is 3.74. The van der Waals surface area contributed by atoms with Crippen molar-refractivity contribution in [3.8, 4) is 0 Å². The quantitative estimate of drug-likeness (QED) is 0.523. The van der Waals surface area contributed by atoms with Crippen LogP contribution in [0.1, 0.15) is 27.2 Å². The van der Waals surface area contributed by atoms with Crippen LogP contribution in [0.3, 0.4) is 0 Å². The minimum Gasteiger partial charge on any atom is -0.0855 e. The van der Waals surface area contributed by atoms with E-state index in [4.69, 9.17) is 0 Å². The van der Waals surface area contributed by atoms with Crippen LogP contribution in [0, 0.1) is 0 Å². The summed E-state index contributed by atoms with van der Waals surface area (Å²) in [5.41, 5.74) is 4.68. The highest BCUT2D eigenvalue weighted by atomic mass is 31.1. The average molecular weight is 168 g/mol. The SMILES string of the molecule is CC1=C(C)C(C)=C(P(C)C)C1. The van der Waals surface area contributed by atoms with E-state index in [9.17, 15) is 0 Å². The van der Waals surface area contributed by atoms with Crippen LogP contribution in [-0.4, -0.2) is 13.3 Å². The van der Waals surface area contributed by atoms with Crippen molar-refractivity contribution in [3.05, 3.63) is 22.0 Å². The van der Waals surface area contributed by atoms with Crippen LogP contribution in [0.15, 0.2) is 22.0 Å². The molecule has 0 saturated carbocycles. The third kappa shape index (κ3) is 1.56. The molecule has 0 amide bonds. The molecule has 0 nitrogen and oxygen atoms in total. The van der Waals surface area contributed by atoms with Gasteiger partial charge in [0.05, 0.1) is 0 Å². The lowest BCUT2D eigenvalue weighted by atomic mass is 10.1. The minimum atomic E-state index is 0.144. The fraction of sp³-hybridized carbons (Fsp3) is 0.600. The van der Waals surface area contributed by atoms with Crippen LogP contribution in [0.5, 0.6) is 0 Å². The van der Waals surface area contributed by atoms with Crippen molar-refractivity contribution in [2.75, 3.05) is 13.3 Å². The summed E-state index contributed by atoms with van der Waals surface area (Å²) in [6.07, 6.45) is 1.25. The smallest absolute Gasteiger partial charge is 0.00571 e. The van der Waals surface area contributed by atoms with Crippen LogP contribution in [0.2, 0.25) is 0 Å². The first kappa shape index (κ1) is 9.00. The molecular weight excluding hydrogens is 151 g/mol. The van der Waals surface area contributed by atoms with E-state index in [1.807, 2.05) is 0 Å². The highest BCUT2D eigenvalue weighted by molar-refractivity contribution is 7.60. The van der Waals surface area contributed by atoms with E-state index in [0.29, 0.717) is 0 Å². The van der Waals surface area contributed by atoms with Gasteiger partial charge in [0.15, 0.2) is 0 Å². The normalized spacial score (nSPS) is 19.1. The lowest BCUT2D eigenvalue weighted by Crippen LogP contribution is -1.78. The molecule has 1 rings (SSSR count). The topological polar surface area (TPSA) is 0 Å². The molecule has 0 bridgehead atoms. The fourth-order valence-corrected chi connectivity index (χ4v) is 2.94. The molecule has 0 aliphatic heterocycles. The van der Waals surface area contributed by atoms with Gasteiger partial charge in [-0.05, 0) is 57.0 Å². The van der Waals surface area contributed by atoms with Gasteiger partial charge in [0.2, 0.25) is 0 Å². The van der Waals surface area contributed by atoms with Crippen LogP contribution < -0.4 is 0 Å². The summed E-state index contributed by atoms with van der Waals surface area (Å²) in [6, 6.07) is 0. The molecule has 0 radical (unpaired) electrons. The minimum absolute atomic E-state index is 0.144. The monoisotopic (exact) mass is 168 g/mol. The summed E-state index contributed by atoms with van der Waals surface area (Å²) >= 11 is 0. The standard InChI is InChI=1S/C10H17P/c1-7-6-10(11(4)5)9(3)8(7)2/h6H2,1-5H3. The van der Waals surface area contributed by atoms with E-state index in [1.54, 1.807) is 16.5 Å². The van der Waals surface area contributed by atoms with Crippen LogP contribution >= 0.6 is 7.92 Å². The molecule has 0 spiro atoms. The molecular formula is C10H17P. The molecule has 0 N–H and O–H groups in total. The first-order valence-corrected chi connectivity index (χ1v) is 6.31. The third-order valence-corrected chi connectivity index (χ3v) is 4.18. The molecule has 0 atom stereocenters. The van der Waals surface area contributed by atoms with E-state index in [-0.39, 0.29) is 7.92 Å².